The molecule has 142 valence electrons. The van der Waals surface area contributed by atoms with Crippen LogP contribution in [0.2, 0.25) is 0 Å². The van der Waals surface area contributed by atoms with Gasteiger partial charge in [-0.3, -0.25) is 9.59 Å². The topological polar surface area (TPSA) is 84.7 Å². The summed E-state index contributed by atoms with van der Waals surface area (Å²) in [7, 11) is 0. The maximum atomic E-state index is 13.1. The fraction of sp³-hybridized carbons (Fsp3) is 0.450. The number of hydrogen-bond acceptors (Lipinski definition) is 4. The van der Waals surface area contributed by atoms with Crippen LogP contribution in [-0.2, 0) is 9.53 Å². The molecule has 1 aromatic carbocycles. The number of carboxylic acid groups (broad SMARTS) is 1. The Morgan fingerprint density at radius 3 is 2.78 bits per heavy atom. The van der Waals surface area contributed by atoms with Gasteiger partial charge in [0.2, 0.25) is 0 Å². The first-order valence-corrected chi connectivity index (χ1v) is 9.15. The molecule has 27 heavy (non-hydrogen) atoms. The summed E-state index contributed by atoms with van der Waals surface area (Å²) in [4.78, 5) is 26.7. The minimum absolute atomic E-state index is 0.164. The molecule has 0 radical (unpaired) electrons. The van der Waals surface area contributed by atoms with Gasteiger partial charge in [0.15, 0.2) is 0 Å². The van der Waals surface area contributed by atoms with Crippen LogP contribution >= 0.6 is 0 Å². The lowest BCUT2D eigenvalue weighted by atomic mass is 9.74. The molecule has 2 aliphatic heterocycles. The smallest absolute Gasteiger partial charge is 0.311 e. The van der Waals surface area contributed by atoms with Crippen LogP contribution in [0.3, 0.4) is 0 Å². The number of aliphatic carboxylic acids is 1. The number of ether oxygens (including phenoxy) is 1. The van der Waals surface area contributed by atoms with Crippen molar-refractivity contribution in [2.24, 2.45) is 11.3 Å². The molecule has 2 aliphatic rings. The molecule has 0 unspecified atom stereocenters. The number of nitrogens with zero attached hydrogens (tertiary/aromatic N) is 3. The Kier molecular flexibility index (Phi) is 4.26. The second-order valence-corrected chi connectivity index (χ2v) is 7.51. The van der Waals surface area contributed by atoms with E-state index < -0.39 is 11.4 Å². The highest BCUT2D eigenvalue weighted by molar-refractivity contribution is 5.96. The number of para-hydroxylation sites is 1. The number of aryl methyl sites for hydroxylation is 1. The Hall–Kier alpha value is -2.67. The van der Waals surface area contributed by atoms with Crippen LogP contribution < -0.4 is 0 Å². The Morgan fingerprint density at radius 1 is 1.30 bits per heavy atom. The van der Waals surface area contributed by atoms with E-state index in [1.807, 2.05) is 38.1 Å². The molecule has 0 bridgehead atoms. The molecular formula is C20H23N3O4. The fourth-order valence-electron chi connectivity index (χ4n) is 4.29. The summed E-state index contributed by atoms with van der Waals surface area (Å²) >= 11 is 0. The molecule has 4 rings (SSSR count). The van der Waals surface area contributed by atoms with Gasteiger partial charge in [-0.05, 0) is 31.9 Å². The monoisotopic (exact) mass is 369 g/mol. The highest BCUT2D eigenvalue weighted by Gasteiger charge is 2.55. The highest BCUT2D eigenvalue weighted by Crippen LogP contribution is 2.43. The molecule has 7 nitrogen and oxygen atoms in total. The number of benzene rings is 1. The molecule has 0 aliphatic carbocycles. The lowest BCUT2D eigenvalue weighted by molar-refractivity contribution is -0.157. The summed E-state index contributed by atoms with van der Waals surface area (Å²) < 4.78 is 7.24. The van der Waals surface area contributed by atoms with Crippen molar-refractivity contribution in [1.82, 2.24) is 14.7 Å². The van der Waals surface area contributed by atoms with E-state index in [2.05, 4.69) is 5.10 Å². The van der Waals surface area contributed by atoms with Gasteiger partial charge >= 0.3 is 5.97 Å². The third kappa shape index (κ3) is 2.73. The molecule has 1 N–H and O–H groups in total. The number of aromatic nitrogens is 2. The summed E-state index contributed by atoms with van der Waals surface area (Å²) in [6.07, 6.45) is 2.02. The predicted octanol–water partition coefficient (Wildman–Crippen LogP) is 2.05. The number of hydrogen-bond donors (Lipinski definition) is 1. The minimum atomic E-state index is -0.895. The van der Waals surface area contributed by atoms with Crippen molar-refractivity contribution in [3.8, 4) is 5.69 Å². The quantitative estimate of drug-likeness (QED) is 0.895. The first kappa shape index (κ1) is 17.7. The van der Waals surface area contributed by atoms with Gasteiger partial charge in [0, 0.05) is 25.6 Å². The van der Waals surface area contributed by atoms with Crippen molar-refractivity contribution in [2.75, 3.05) is 26.3 Å². The highest BCUT2D eigenvalue weighted by atomic mass is 16.5. The lowest BCUT2D eigenvalue weighted by Gasteiger charge is -2.33. The van der Waals surface area contributed by atoms with Crippen molar-refractivity contribution in [3.63, 3.8) is 0 Å². The van der Waals surface area contributed by atoms with Gasteiger partial charge < -0.3 is 14.7 Å². The first-order valence-electron chi connectivity index (χ1n) is 9.15. The predicted molar refractivity (Wildman–Crippen MR) is 97.9 cm³/mol. The van der Waals surface area contributed by atoms with E-state index in [9.17, 15) is 14.7 Å². The summed E-state index contributed by atoms with van der Waals surface area (Å²) in [5.41, 5.74) is 2.37. The van der Waals surface area contributed by atoms with E-state index in [0.29, 0.717) is 31.7 Å². The Labute approximate surface area is 157 Å². The minimum Gasteiger partial charge on any atom is -0.481 e. The molecule has 1 aromatic heterocycles. The van der Waals surface area contributed by atoms with E-state index in [-0.39, 0.29) is 18.4 Å². The van der Waals surface area contributed by atoms with Crippen molar-refractivity contribution >= 4 is 11.9 Å². The van der Waals surface area contributed by atoms with Crippen molar-refractivity contribution in [3.05, 3.63) is 47.3 Å². The molecule has 1 amide bonds. The largest absolute Gasteiger partial charge is 0.481 e. The van der Waals surface area contributed by atoms with E-state index in [0.717, 1.165) is 16.9 Å². The zero-order valence-corrected chi connectivity index (χ0v) is 15.5. The summed E-state index contributed by atoms with van der Waals surface area (Å²) in [6.45, 7) is 5.31. The van der Waals surface area contributed by atoms with Crippen molar-refractivity contribution < 1.29 is 19.4 Å². The molecule has 0 spiro atoms. The molecule has 2 fully saturated rings. The van der Waals surface area contributed by atoms with E-state index in [1.54, 1.807) is 15.8 Å². The number of carbonyl (C=O) groups excluding carboxylic acids is 1. The molecule has 3 heterocycles. The number of fused-ring (bicyclic) bond motifs is 1. The maximum absolute atomic E-state index is 13.1. The molecule has 2 aromatic rings. The van der Waals surface area contributed by atoms with Gasteiger partial charge in [-0.2, -0.15) is 5.10 Å². The number of carboxylic acids is 1. The molecule has 2 atom stereocenters. The fourth-order valence-corrected chi connectivity index (χ4v) is 4.29. The van der Waals surface area contributed by atoms with Crippen molar-refractivity contribution in [2.45, 2.75) is 20.3 Å². The van der Waals surface area contributed by atoms with Crippen LogP contribution in [0.1, 0.15) is 28.0 Å². The number of likely N-dealkylation sites (tertiary alicyclic amines) is 1. The van der Waals surface area contributed by atoms with Gasteiger partial charge in [0.05, 0.1) is 35.2 Å². The van der Waals surface area contributed by atoms with E-state index in [4.69, 9.17) is 4.74 Å². The van der Waals surface area contributed by atoms with Gasteiger partial charge in [-0.1, -0.05) is 18.2 Å². The average Bonchev–Trinajstić information content (AvgIpc) is 3.23. The molecule has 0 saturated carbocycles. The normalized spacial score (nSPS) is 24.7. The lowest BCUT2D eigenvalue weighted by Crippen LogP contribution is -2.45. The van der Waals surface area contributed by atoms with Crippen LogP contribution in [0.4, 0.5) is 0 Å². The third-order valence-corrected chi connectivity index (χ3v) is 6.00. The Bertz CT molecular complexity index is 906. The number of carbonyl (C=O) groups is 2. The van der Waals surface area contributed by atoms with Crippen LogP contribution in [0.5, 0.6) is 0 Å². The Balaban J connectivity index is 1.63. The van der Waals surface area contributed by atoms with Gasteiger partial charge in [-0.25, -0.2) is 4.68 Å². The van der Waals surface area contributed by atoms with Gasteiger partial charge in [-0.15, -0.1) is 0 Å². The average molecular weight is 369 g/mol. The van der Waals surface area contributed by atoms with Gasteiger partial charge in [0.1, 0.15) is 0 Å². The molecule has 7 heteroatoms. The second-order valence-electron chi connectivity index (χ2n) is 7.51. The Morgan fingerprint density at radius 2 is 2.07 bits per heavy atom. The van der Waals surface area contributed by atoms with Crippen LogP contribution in [0.25, 0.3) is 5.69 Å². The standard InChI is InChI=1S/C20H23N3O4/c1-13-5-3-4-6-17(13)23-14(2)16(9-21-23)18(24)22-10-15-11-27-8-7-20(15,12-22)19(25)26/h3-6,9,15H,7-8,10-12H2,1-2H3,(H,25,26)/t15-,20+/m0/s1. The summed E-state index contributed by atoms with van der Waals surface area (Å²) in [5, 5.41) is 14.2. The third-order valence-electron chi connectivity index (χ3n) is 6.00. The van der Waals surface area contributed by atoms with E-state index in [1.165, 1.54) is 0 Å². The van der Waals surface area contributed by atoms with E-state index >= 15 is 0 Å². The summed E-state index contributed by atoms with van der Waals surface area (Å²) in [5.74, 6) is -1.17. The molecule has 2 saturated heterocycles. The zero-order valence-electron chi connectivity index (χ0n) is 15.5. The summed E-state index contributed by atoms with van der Waals surface area (Å²) in [6, 6.07) is 7.86. The zero-order chi connectivity index (χ0) is 19.2. The SMILES string of the molecule is Cc1ccccc1-n1ncc(C(=O)N2C[C@H]3COCC[C@@]3(C(=O)O)C2)c1C. The molecular weight excluding hydrogens is 346 g/mol. The first-order chi connectivity index (χ1) is 12.9. The number of amides is 1. The van der Waals surface area contributed by atoms with Crippen molar-refractivity contribution in [1.29, 1.82) is 0 Å². The van der Waals surface area contributed by atoms with Gasteiger partial charge in [0.25, 0.3) is 5.91 Å². The van der Waals surface area contributed by atoms with Crippen LogP contribution in [0.15, 0.2) is 30.5 Å². The van der Waals surface area contributed by atoms with Crippen LogP contribution in [0, 0.1) is 25.2 Å². The second kappa shape index (κ2) is 6.49. The van der Waals surface area contributed by atoms with Crippen LogP contribution in [-0.4, -0.2) is 58.0 Å². The maximum Gasteiger partial charge on any atom is 0.311 e. The number of rotatable bonds is 3.